The summed E-state index contributed by atoms with van der Waals surface area (Å²) in [7, 11) is 4.28. The molecule has 98 valence electrons. The van der Waals surface area contributed by atoms with E-state index in [1.807, 2.05) is 18.2 Å². The maximum Gasteiger partial charge on any atom is 0.0991 e. The van der Waals surface area contributed by atoms with Crippen molar-refractivity contribution in [1.29, 1.82) is 5.26 Å². The number of nitrogens with zero attached hydrogens (tertiary/aromatic N) is 2. The molecule has 0 saturated heterocycles. The molecule has 0 aliphatic heterocycles. The lowest BCUT2D eigenvalue weighted by Gasteiger charge is -2.19. The molecule has 3 nitrogen and oxygen atoms in total. The average Bonchev–Trinajstić information content (AvgIpc) is 3.09. The molecular formula is C16H19N3. The fraction of sp³-hybridized carbons (Fsp3) is 0.438. The van der Waals surface area contributed by atoms with Crippen molar-refractivity contribution in [3.63, 3.8) is 0 Å². The minimum atomic E-state index is 0.606. The number of fused-ring (bicyclic) bond motifs is 1. The van der Waals surface area contributed by atoms with Gasteiger partial charge in [-0.1, -0.05) is 0 Å². The lowest BCUT2D eigenvalue weighted by Crippen LogP contribution is -2.26. The number of H-pyrrole nitrogens is 1. The Balaban J connectivity index is 1.93. The average molecular weight is 253 g/mol. The number of nitrogens with one attached hydrogen (secondary N) is 1. The molecule has 0 amide bonds. The number of aromatic nitrogens is 1. The molecule has 0 bridgehead atoms. The first-order valence-corrected chi connectivity index (χ1v) is 6.79. The molecule has 1 fully saturated rings. The van der Waals surface area contributed by atoms with Crippen molar-refractivity contribution in [2.24, 2.45) is 5.92 Å². The number of benzene rings is 1. The molecule has 2 aromatic rings. The van der Waals surface area contributed by atoms with Crippen molar-refractivity contribution in [3.05, 3.63) is 35.5 Å². The molecule has 19 heavy (non-hydrogen) atoms. The quantitative estimate of drug-likeness (QED) is 0.913. The molecule has 0 radical (unpaired) electrons. The van der Waals surface area contributed by atoms with Crippen LogP contribution in [0.5, 0.6) is 0 Å². The maximum absolute atomic E-state index is 9.03. The van der Waals surface area contributed by atoms with Gasteiger partial charge in [0.05, 0.1) is 11.6 Å². The zero-order valence-corrected chi connectivity index (χ0v) is 11.6. The predicted molar refractivity (Wildman–Crippen MR) is 77.0 cm³/mol. The number of hydrogen-bond donors (Lipinski definition) is 1. The van der Waals surface area contributed by atoms with Gasteiger partial charge < -0.3 is 9.88 Å². The minimum absolute atomic E-state index is 0.606. The minimum Gasteiger partial charge on any atom is -0.361 e. The van der Waals surface area contributed by atoms with E-state index in [0.29, 0.717) is 12.0 Å². The molecule has 1 saturated carbocycles. The van der Waals surface area contributed by atoms with Gasteiger partial charge in [0.1, 0.15) is 0 Å². The highest BCUT2D eigenvalue weighted by atomic mass is 15.1. The normalized spacial score (nSPS) is 23.5. The SMILES string of the molecule is CC([C@@H]1C[C@H]1c1c[nH]c2ccc(C#N)cc12)N(C)C. The van der Waals surface area contributed by atoms with Crippen LogP contribution in [-0.4, -0.2) is 30.0 Å². The third-order valence-corrected chi connectivity index (χ3v) is 4.52. The van der Waals surface area contributed by atoms with E-state index in [-0.39, 0.29) is 0 Å². The molecular weight excluding hydrogens is 234 g/mol. The lowest BCUT2D eigenvalue weighted by molar-refractivity contribution is 0.282. The van der Waals surface area contributed by atoms with Crippen molar-refractivity contribution in [1.82, 2.24) is 9.88 Å². The first-order valence-electron chi connectivity index (χ1n) is 6.79. The zero-order valence-electron chi connectivity index (χ0n) is 11.6. The topological polar surface area (TPSA) is 42.8 Å². The van der Waals surface area contributed by atoms with E-state index in [0.717, 1.165) is 17.0 Å². The molecule has 3 rings (SSSR count). The van der Waals surface area contributed by atoms with Crippen LogP contribution in [0.25, 0.3) is 10.9 Å². The van der Waals surface area contributed by atoms with Gasteiger partial charge in [0.2, 0.25) is 0 Å². The Morgan fingerprint density at radius 3 is 2.89 bits per heavy atom. The fourth-order valence-electron chi connectivity index (χ4n) is 3.01. The zero-order chi connectivity index (χ0) is 13.6. The molecule has 1 N–H and O–H groups in total. The van der Waals surface area contributed by atoms with E-state index < -0.39 is 0 Å². The second-order valence-corrected chi connectivity index (χ2v) is 5.83. The van der Waals surface area contributed by atoms with Gasteiger partial charge in [-0.05, 0) is 63.0 Å². The Bertz CT molecular complexity index is 648. The highest BCUT2D eigenvalue weighted by Gasteiger charge is 2.43. The summed E-state index contributed by atoms with van der Waals surface area (Å²) < 4.78 is 0. The predicted octanol–water partition coefficient (Wildman–Crippen LogP) is 3.09. The van der Waals surface area contributed by atoms with E-state index in [1.54, 1.807) is 0 Å². The van der Waals surface area contributed by atoms with Crippen molar-refractivity contribution < 1.29 is 0 Å². The van der Waals surface area contributed by atoms with E-state index in [9.17, 15) is 0 Å². The highest BCUT2D eigenvalue weighted by Crippen LogP contribution is 2.52. The van der Waals surface area contributed by atoms with Crippen LogP contribution >= 0.6 is 0 Å². The summed E-state index contributed by atoms with van der Waals surface area (Å²) in [5.74, 6) is 1.37. The van der Waals surface area contributed by atoms with Crippen molar-refractivity contribution in [2.45, 2.75) is 25.3 Å². The van der Waals surface area contributed by atoms with E-state index in [1.165, 1.54) is 17.4 Å². The van der Waals surface area contributed by atoms with Crippen LogP contribution in [0.3, 0.4) is 0 Å². The maximum atomic E-state index is 9.03. The molecule has 1 aromatic carbocycles. The third-order valence-electron chi connectivity index (χ3n) is 4.52. The summed E-state index contributed by atoms with van der Waals surface area (Å²) >= 11 is 0. The highest BCUT2D eigenvalue weighted by molar-refractivity contribution is 5.85. The largest absolute Gasteiger partial charge is 0.361 e. The molecule has 3 atom stereocenters. The van der Waals surface area contributed by atoms with E-state index in [4.69, 9.17) is 5.26 Å². The number of rotatable bonds is 3. The van der Waals surface area contributed by atoms with Gasteiger partial charge in [0, 0.05) is 23.1 Å². The van der Waals surface area contributed by atoms with Crippen molar-refractivity contribution in [2.75, 3.05) is 14.1 Å². The molecule has 3 heteroatoms. The first kappa shape index (κ1) is 12.3. The summed E-state index contributed by atoms with van der Waals surface area (Å²) in [6.07, 6.45) is 3.38. The smallest absolute Gasteiger partial charge is 0.0991 e. The molecule has 1 aliphatic carbocycles. The van der Waals surface area contributed by atoms with Crippen LogP contribution in [-0.2, 0) is 0 Å². The van der Waals surface area contributed by atoms with Gasteiger partial charge in [0.15, 0.2) is 0 Å². The number of aromatic amines is 1. The van der Waals surface area contributed by atoms with Crippen LogP contribution in [0.4, 0.5) is 0 Å². The lowest BCUT2D eigenvalue weighted by atomic mass is 10.0. The second-order valence-electron chi connectivity index (χ2n) is 5.83. The van der Waals surface area contributed by atoms with E-state index in [2.05, 4.69) is 43.2 Å². The van der Waals surface area contributed by atoms with Crippen LogP contribution in [0.2, 0.25) is 0 Å². The standard InChI is InChI=1S/C16H19N3/c1-10(19(2)3)12-7-13(12)15-9-18-16-5-4-11(8-17)6-14(15)16/h4-6,9-10,12-13,18H,7H2,1-3H3/t10?,12-,13+/m0/s1. The summed E-state index contributed by atoms with van der Waals surface area (Å²) in [4.78, 5) is 5.62. The van der Waals surface area contributed by atoms with Crippen molar-refractivity contribution >= 4 is 10.9 Å². The monoisotopic (exact) mass is 253 g/mol. The molecule has 1 aliphatic rings. The Kier molecular flexibility index (Phi) is 2.83. The Morgan fingerprint density at radius 2 is 2.21 bits per heavy atom. The van der Waals surface area contributed by atoms with Crippen LogP contribution in [0.1, 0.15) is 30.4 Å². The summed E-state index contributed by atoms with van der Waals surface area (Å²) in [5.41, 5.74) is 3.26. The molecule has 1 unspecified atom stereocenters. The Hall–Kier alpha value is -1.79. The van der Waals surface area contributed by atoms with Gasteiger partial charge in [0.25, 0.3) is 0 Å². The van der Waals surface area contributed by atoms with E-state index >= 15 is 0 Å². The van der Waals surface area contributed by atoms with Gasteiger partial charge >= 0.3 is 0 Å². The summed E-state index contributed by atoms with van der Waals surface area (Å²) in [5, 5.41) is 10.2. The summed E-state index contributed by atoms with van der Waals surface area (Å²) in [6, 6.07) is 8.72. The van der Waals surface area contributed by atoms with Gasteiger partial charge in [-0.3, -0.25) is 0 Å². The number of nitriles is 1. The Morgan fingerprint density at radius 1 is 1.42 bits per heavy atom. The van der Waals surface area contributed by atoms with Crippen molar-refractivity contribution in [3.8, 4) is 6.07 Å². The van der Waals surface area contributed by atoms with Crippen LogP contribution in [0.15, 0.2) is 24.4 Å². The van der Waals surface area contributed by atoms with Crippen LogP contribution < -0.4 is 0 Å². The van der Waals surface area contributed by atoms with Gasteiger partial charge in [-0.2, -0.15) is 5.26 Å². The van der Waals surface area contributed by atoms with Gasteiger partial charge in [-0.25, -0.2) is 0 Å². The fourth-order valence-corrected chi connectivity index (χ4v) is 3.01. The molecule has 0 spiro atoms. The summed E-state index contributed by atoms with van der Waals surface area (Å²) in [6.45, 7) is 2.29. The third kappa shape index (κ3) is 2.02. The first-order chi connectivity index (χ1) is 9.11. The molecule has 1 aromatic heterocycles. The van der Waals surface area contributed by atoms with Gasteiger partial charge in [-0.15, -0.1) is 0 Å². The molecule has 1 heterocycles. The Labute approximate surface area is 113 Å². The number of hydrogen-bond acceptors (Lipinski definition) is 2. The second kappa shape index (κ2) is 4.40. The van der Waals surface area contributed by atoms with Crippen LogP contribution in [0, 0.1) is 17.2 Å².